The van der Waals surface area contributed by atoms with Crippen molar-refractivity contribution in [1.82, 2.24) is 14.7 Å². The maximum atomic E-state index is 13.5. The topological polar surface area (TPSA) is 43.9 Å². The van der Waals surface area contributed by atoms with Gasteiger partial charge in [-0.25, -0.2) is 0 Å². The molecule has 0 saturated carbocycles. The van der Waals surface area contributed by atoms with Gasteiger partial charge in [-0.3, -0.25) is 14.5 Å². The third-order valence-corrected chi connectivity index (χ3v) is 7.86. The van der Waals surface area contributed by atoms with Gasteiger partial charge in [-0.05, 0) is 35.4 Å². The first-order chi connectivity index (χ1) is 16.7. The Hall–Kier alpha value is -2.96. The van der Waals surface area contributed by atoms with Crippen LogP contribution in [0.4, 0.5) is 0 Å². The van der Waals surface area contributed by atoms with Gasteiger partial charge < -0.3 is 9.80 Å². The molecule has 2 aliphatic rings. The molecule has 176 valence electrons. The Morgan fingerprint density at radius 3 is 2.06 bits per heavy atom. The van der Waals surface area contributed by atoms with Gasteiger partial charge in [-0.1, -0.05) is 66.7 Å². The van der Waals surface area contributed by atoms with Crippen LogP contribution < -0.4 is 0 Å². The number of rotatable bonds is 6. The average molecular weight is 474 g/mol. The van der Waals surface area contributed by atoms with Crippen LogP contribution in [0.2, 0.25) is 0 Å². The molecule has 1 aromatic heterocycles. The number of carbonyl (C=O) groups excluding carboxylic acids is 2. The lowest BCUT2D eigenvalue weighted by atomic mass is 9.96. The normalized spacial score (nSPS) is 19.0. The summed E-state index contributed by atoms with van der Waals surface area (Å²) < 4.78 is 0. The van der Waals surface area contributed by atoms with E-state index in [2.05, 4.69) is 65.6 Å². The van der Waals surface area contributed by atoms with Crippen LogP contribution in [0.15, 0.2) is 78.2 Å². The van der Waals surface area contributed by atoms with Crippen LogP contribution in [0.1, 0.15) is 34.9 Å². The number of thiophene rings is 1. The van der Waals surface area contributed by atoms with E-state index in [1.54, 1.807) is 11.3 Å². The summed E-state index contributed by atoms with van der Waals surface area (Å²) >= 11 is 1.60. The van der Waals surface area contributed by atoms with Crippen LogP contribution in [0.3, 0.4) is 0 Å². The molecule has 2 aliphatic heterocycles. The Morgan fingerprint density at radius 2 is 1.47 bits per heavy atom. The molecule has 2 aromatic carbocycles. The van der Waals surface area contributed by atoms with Crippen LogP contribution in [-0.4, -0.2) is 65.3 Å². The molecular formula is C28H31N3O2S. The van der Waals surface area contributed by atoms with Crippen LogP contribution >= 0.6 is 11.3 Å². The highest BCUT2D eigenvalue weighted by atomic mass is 32.1. The van der Waals surface area contributed by atoms with Crippen molar-refractivity contribution in [2.75, 3.05) is 32.7 Å². The van der Waals surface area contributed by atoms with Gasteiger partial charge in [-0.15, -0.1) is 11.3 Å². The molecule has 0 radical (unpaired) electrons. The van der Waals surface area contributed by atoms with Crippen LogP contribution in [-0.2, 0) is 16.0 Å². The third kappa shape index (κ3) is 4.93. The Morgan fingerprint density at radius 1 is 0.824 bits per heavy atom. The quantitative estimate of drug-likeness (QED) is 0.539. The van der Waals surface area contributed by atoms with E-state index in [-0.39, 0.29) is 23.9 Å². The minimum absolute atomic E-state index is 0.0742. The maximum Gasteiger partial charge on any atom is 0.245 e. The van der Waals surface area contributed by atoms with Gasteiger partial charge in [0.15, 0.2) is 0 Å². The van der Waals surface area contributed by atoms with Crippen molar-refractivity contribution in [1.29, 1.82) is 0 Å². The van der Waals surface area contributed by atoms with E-state index in [9.17, 15) is 9.59 Å². The number of carbonyl (C=O) groups is 2. The highest BCUT2D eigenvalue weighted by Crippen LogP contribution is 2.30. The summed E-state index contributed by atoms with van der Waals surface area (Å²) in [5.41, 5.74) is 2.55. The van der Waals surface area contributed by atoms with Crippen molar-refractivity contribution in [3.8, 4) is 0 Å². The number of hydrogen-bond acceptors (Lipinski definition) is 4. The molecule has 3 aromatic rings. The second-order valence-corrected chi connectivity index (χ2v) is 10.1. The molecule has 34 heavy (non-hydrogen) atoms. The summed E-state index contributed by atoms with van der Waals surface area (Å²) in [5, 5.41) is 1.99. The number of amides is 2. The fourth-order valence-corrected chi connectivity index (χ4v) is 5.98. The molecule has 2 fully saturated rings. The zero-order chi connectivity index (χ0) is 23.3. The number of piperazine rings is 1. The van der Waals surface area contributed by atoms with Crippen LogP contribution in [0.5, 0.6) is 0 Å². The highest BCUT2D eigenvalue weighted by molar-refractivity contribution is 7.10. The Kier molecular flexibility index (Phi) is 7.07. The average Bonchev–Trinajstić information content (AvgIpc) is 3.58. The summed E-state index contributed by atoms with van der Waals surface area (Å²) in [6.45, 7) is 3.70. The van der Waals surface area contributed by atoms with Crippen molar-refractivity contribution in [2.45, 2.75) is 31.3 Å². The molecule has 0 bridgehead atoms. The highest BCUT2D eigenvalue weighted by Gasteiger charge is 2.38. The van der Waals surface area contributed by atoms with E-state index in [4.69, 9.17) is 0 Å². The zero-order valence-electron chi connectivity index (χ0n) is 19.4. The SMILES string of the molecule is O=C(C1CCCN1C(=O)Cc1cccs1)N1CCN(C(c2ccccc2)c2ccccc2)CC1. The fourth-order valence-electron chi connectivity index (χ4n) is 5.28. The van der Waals surface area contributed by atoms with E-state index in [1.165, 1.54) is 11.1 Å². The van der Waals surface area contributed by atoms with Gasteiger partial charge in [0.05, 0.1) is 12.5 Å². The maximum absolute atomic E-state index is 13.5. The van der Waals surface area contributed by atoms with Crippen molar-refractivity contribution in [3.63, 3.8) is 0 Å². The van der Waals surface area contributed by atoms with Gasteiger partial charge in [0, 0.05) is 37.6 Å². The minimum atomic E-state index is -0.307. The van der Waals surface area contributed by atoms with Gasteiger partial charge in [0.2, 0.25) is 11.8 Å². The van der Waals surface area contributed by atoms with Gasteiger partial charge in [-0.2, -0.15) is 0 Å². The van der Waals surface area contributed by atoms with E-state index in [0.717, 1.165) is 30.8 Å². The first-order valence-electron chi connectivity index (χ1n) is 12.2. The zero-order valence-corrected chi connectivity index (χ0v) is 20.2. The van der Waals surface area contributed by atoms with E-state index >= 15 is 0 Å². The van der Waals surface area contributed by atoms with Crippen LogP contribution in [0.25, 0.3) is 0 Å². The largest absolute Gasteiger partial charge is 0.338 e. The molecule has 5 rings (SSSR count). The first-order valence-corrected chi connectivity index (χ1v) is 13.0. The van der Waals surface area contributed by atoms with E-state index in [0.29, 0.717) is 26.1 Å². The Labute approximate surface area is 205 Å². The van der Waals surface area contributed by atoms with Crippen molar-refractivity contribution < 1.29 is 9.59 Å². The molecule has 1 unspecified atom stereocenters. The van der Waals surface area contributed by atoms with E-state index in [1.807, 2.05) is 27.3 Å². The molecule has 3 heterocycles. The minimum Gasteiger partial charge on any atom is -0.338 e. The Balaban J connectivity index is 1.25. The monoisotopic (exact) mass is 473 g/mol. The predicted octanol–water partition coefficient (Wildman–Crippen LogP) is 4.22. The van der Waals surface area contributed by atoms with Gasteiger partial charge in [0.25, 0.3) is 0 Å². The molecular weight excluding hydrogens is 442 g/mol. The number of hydrogen-bond donors (Lipinski definition) is 0. The van der Waals surface area contributed by atoms with Gasteiger partial charge >= 0.3 is 0 Å². The molecule has 0 N–H and O–H groups in total. The molecule has 2 saturated heterocycles. The lowest BCUT2D eigenvalue weighted by Crippen LogP contribution is -2.55. The smallest absolute Gasteiger partial charge is 0.245 e. The fraction of sp³-hybridized carbons (Fsp3) is 0.357. The number of nitrogens with zero attached hydrogens (tertiary/aromatic N) is 3. The molecule has 0 spiro atoms. The van der Waals surface area contributed by atoms with Crippen molar-refractivity contribution >= 4 is 23.2 Å². The van der Waals surface area contributed by atoms with E-state index < -0.39 is 0 Å². The van der Waals surface area contributed by atoms with Crippen molar-refractivity contribution in [3.05, 3.63) is 94.2 Å². The summed E-state index contributed by atoms with van der Waals surface area (Å²) in [4.78, 5) is 33.7. The molecule has 5 nitrogen and oxygen atoms in total. The van der Waals surface area contributed by atoms with Gasteiger partial charge in [0.1, 0.15) is 6.04 Å². The summed E-state index contributed by atoms with van der Waals surface area (Å²) in [5.74, 6) is 0.192. The first kappa shape index (κ1) is 22.8. The van der Waals surface area contributed by atoms with Crippen molar-refractivity contribution in [2.24, 2.45) is 0 Å². The second kappa shape index (κ2) is 10.5. The summed E-state index contributed by atoms with van der Waals surface area (Å²) in [6, 6.07) is 25.0. The predicted molar refractivity (Wildman–Crippen MR) is 136 cm³/mol. The molecule has 6 heteroatoms. The Bertz CT molecular complexity index is 1040. The lowest BCUT2D eigenvalue weighted by Gasteiger charge is -2.41. The summed E-state index contributed by atoms with van der Waals surface area (Å²) in [6.07, 6.45) is 2.06. The molecule has 2 amide bonds. The standard InChI is InChI=1S/C28H31N3O2S/c32-26(21-24-13-8-20-34-24)31-15-7-14-25(31)28(33)30-18-16-29(17-19-30)27(22-9-3-1-4-10-22)23-11-5-2-6-12-23/h1-6,8-13,20,25,27H,7,14-19,21H2. The molecule has 1 atom stereocenters. The third-order valence-electron chi connectivity index (χ3n) is 6.99. The second-order valence-electron chi connectivity index (χ2n) is 9.09. The lowest BCUT2D eigenvalue weighted by molar-refractivity contribution is -0.144. The number of likely N-dealkylation sites (tertiary alicyclic amines) is 1. The summed E-state index contributed by atoms with van der Waals surface area (Å²) in [7, 11) is 0. The number of benzene rings is 2. The molecule has 0 aliphatic carbocycles. The van der Waals surface area contributed by atoms with Crippen LogP contribution in [0, 0.1) is 0 Å².